The molecule has 1 unspecified atom stereocenters. The molecule has 16 heavy (non-hydrogen) atoms. The van der Waals surface area contributed by atoms with Crippen molar-refractivity contribution in [3.05, 3.63) is 0 Å². The summed E-state index contributed by atoms with van der Waals surface area (Å²) < 4.78 is 22.1. The van der Waals surface area contributed by atoms with Crippen LogP contribution in [0.5, 0.6) is 0 Å². The molecule has 0 fully saturated rings. The Morgan fingerprint density at radius 1 is 1.31 bits per heavy atom. The van der Waals surface area contributed by atoms with E-state index in [1.807, 2.05) is 0 Å². The molecule has 0 heterocycles. The minimum absolute atomic E-state index is 0.369. The topological polar surface area (TPSA) is 91.8 Å². The SMILES string of the molecule is CC(C)C(=O)N(C)C(CS(C)(=O)=O)C(=O)O. The molecule has 0 saturated heterocycles. The third kappa shape index (κ3) is 4.61. The molecule has 0 aromatic carbocycles. The van der Waals surface area contributed by atoms with Crippen LogP contribution in [0.4, 0.5) is 0 Å². The average molecular weight is 251 g/mol. The van der Waals surface area contributed by atoms with Gasteiger partial charge in [0.2, 0.25) is 5.91 Å². The van der Waals surface area contributed by atoms with Crippen molar-refractivity contribution in [1.29, 1.82) is 0 Å². The Hall–Kier alpha value is -1.11. The Morgan fingerprint density at radius 3 is 2.00 bits per heavy atom. The van der Waals surface area contributed by atoms with E-state index in [-0.39, 0.29) is 5.92 Å². The van der Waals surface area contributed by atoms with Crippen LogP contribution in [0.15, 0.2) is 0 Å². The van der Waals surface area contributed by atoms with E-state index in [9.17, 15) is 18.0 Å². The number of nitrogens with zero attached hydrogens (tertiary/aromatic N) is 1. The summed E-state index contributed by atoms with van der Waals surface area (Å²) in [6, 6.07) is -1.33. The number of amides is 1. The molecule has 6 nitrogen and oxygen atoms in total. The first-order valence-corrected chi connectivity index (χ1v) is 6.79. The molecule has 0 aliphatic carbocycles. The number of hydrogen-bond donors (Lipinski definition) is 1. The van der Waals surface area contributed by atoms with Crippen molar-refractivity contribution in [2.75, 3.05) is 19.1 Å². The molecule has 0 aromatic rings. The maximum atomic E-state index is 11.5. The van der Waals surface area contributed by atoms with Crippen LogP contribution in [0.25, 0.3) is 0 Å². The lowest BCUT2D eigenvalue weighted by molar-refractivity contribution is -0.149. The standard InChI is InChI=1S/C9H17NO5S/c1-6(2)8(11)10(3)7(9(12)13)5-16(4,14)15/h6-7H,5H2,1-4H3,(H,12,13). The van der Waals surface area contributed by atoms with Crippen LogP contribution in [0, 0.1) is 5.92 Å². The molecule has 0 aromatic heterocycles. The second kappa shape index (κ2) is 5.29. The summed E-state index contributed by atoms with van der Waals surface area (Å²) in [6.07, 6.45) is 0.941. The van der Waals surface area contributed by atoms with Crippen molar-refractivity contribution < 1.29 is 23.1 Å². The minimum Gasteiger partial charge on any atom is -0.480 e. The van der Waals surface area contributed by atoms with Crippen LogP contribution < -0.4 is 0 Å². The van der Waals surface area contributed by atoms with E-state index < -0.39 is 33.5 Å². The Kier molecular flexibility index (Phi) is 4.92. The van der Waals surface area contributed by atoms with E-state index in [2.05, 4.69) is 0 Å². The van der Waals surface area contributed by atoms with Gasteiger partial charge in [0.1, 0.15) is 15.9 Å². The van der Waals surface area contributed by atoms with E-state index in [4.69, 9.17) is 5.11 Å². The predicted molar refractivity (Wildman–Crippen MR) is 58.7 cm³/mol. The number of carbonyl (C=O) groups excluding carboxylic acids is 1. The molecule has 0 aliphatic heterocycles. The van der Waals surface area contributed by atoms with Crippen molar-refractivity contribution in [3.63, 3.8) is 0 Å². The van der Waals surface area contributed by atoms with Gasteiger partial charge in [0, 0.05) is 19.2 Å². The van der Waals surface area contributed by atoms with Crippen LogP contribution in [0.1, 0.15) is 13.8 Å². The van der Waals surface area contributed by atoms with Gasteiger partial charge in [-0.25, -0.2) is 13.2 Å². The number of aliphatic carboxylic acids is 1. The van der Waals surface area contributed by atoms with Crippen LogP contribution >= 0.6 is 0 Å². The van der Waals surface area contributed by atoms with Gasteiger partial charge < -0.3 is 10.0 Å². The normalized spacial score (nSPS) is 13.6. The summed E-state index contributed by atoms with van der Waals surface area (Å²) in [5.74, 6) is -2.65. The van der Waals surface area contributed by atoms with Crippen LogP contribution in [-0.4, -0.2) is 55.4 Å². The molecule has 0 bridgehead atoms. The molecule has 1 N–H and O–H groups in total. The molecule has 0 spiro atoms. The van der Waals surface area contributed by atoms with Crippen molar-refractivity contribution in [3.8, 4) is 0 Å². The fourth-order valence-corrected chi connectivity index (χ4v) is 2.14. The Bertz CT molecular complexity index is 373. The largest absolute Gasteiger partial charge is 0.480 e. The summed E-state index contributed by atoms with van der Waals surface area (Å²) in [5.41, 5.74) is 0. The summed E-state index contributed by atoms with van der Waals surface area (Å²) in [6.45, 7) is 3.25. The summed E-state index contributed by atoms with van der Waals surface area (Å²) in [4.78, 5) is 23.4. The zero-order valence-corrected chi connectivity index (χ0v) is 10.6. The second-order valence-corrected chi connectivity index (χ2v) is 6.24. The lowest BCUT2D eigenvalue weighted by atomic mass is 10.1. The van der Waals surface area contributed by atoms with Crippen LogP contribution in [0.3, 0.4) is 0 Å². The Morgan fingerprint density at radius 2 is 1.75 bits per heavy atom. The average Bonchev–Trinajstić information content (AvgIpc) is 2.09. The van der Waals surface area contributed by atoms with Gasteiger partial charge in [0.15, 0.2) is 0 Å². The molecule has 94 valence electrons. The highest BCUT2D eigenvalue weighted by molar-refractivity contribution is 7.90. The second-order valence-electron chi connectivity index (χ2n) is 4.05. The number of carbonyl (C=O) groups is 2. The zero-order valence-electron chi connectivity index (χ0n) is 9.80. The zero-order chi connectivity index (χ0) is 13.1. The van der Waals surface area contributed by atoms with E-state index in [0.29, 0.717) is 0 Å². The number of hydrogen-bond acceptors (Lipinski definition) is 4. The highest BCUT2D eigenvalue weighted by atomic mass is 32.2. The summed E-state index contributed by atoms with van der Waals surface area (Å²) in [7, 11) is -2.15. The van der Waals surface area contributed by atoms with Crippen molar-refractivity contribution in [2.24, 2.45) is 5.92 Å². The quantitative estimate of drug-likeness (QED) is 0.717. The third-order valence-electron chi connectivity index (χ3n) is 2.05. The molecule has 1 atom stereocenters. The van der Waals surface area contributed by atoms with Gasteiger partial charge >= 0.3 is 5.97 Å². The minimum atomic E-state index is -3.45. The van der Waals surface area contributed by atoms with Gasteiger partial charge in [-0.1, -0.05) is 13.8 Å². The van der Waals surface area contributed by atoms with E-state index >= 15 is 0 Å². The molecule has 0 saturated carbocycles. The van der Waals surface area contributed by atoms with Gasteiger partial charge in [-0.05, 0) is 0 Å². The molecule has 0 aliphatic rings. The number of rotatable bonds is 5. The lowest BCUT2D eigenvalue weighted by Gasteiger charge is -2.25. The van der Waals surface area contributed by atoms with Gasteiger partial charge in [0.05, 0.1) is 5.75 Å². The summed E-state index contributed by atoms with van der Waals surface area (Å²) >= 11 is 0. The summed E-state index contributed by atoms with van der Waals surface area (Å²) in [5, 5.41) is 8.88. The molecule has 0 radical (unpaired) electrons. The predicted octanol–water partition coefficient (Wildman–Crippen LogP) is -0.401. The fraction of sp³-hybridized carbons (Fsp3) is 0.778. The Balaban J connectivity index is 4.94. The van der Waals surface area contributed by atoms with Crippen molar-refractivity contribution in [2.45, 2.75) is 19.9 Å². The highest BCUT2D eigenvalue weighted by Crippen LogP contribution is 2.06. The van der Waals surface area contributed by atoms with E-state index in [1.54, 1.807) is 13.8 Å². The fourth-order valence-electron chi connectivity index (χ4n) is 1.20. The van der Waals surface area contributed by atoms with Crippen molar-refractivity contribution >= 4 is 21.7 Å². The first kappa shape index (κ1) is 14.9. The number of likely N-dealkylation sites (N-methyl/N-ethyl adjacent to an activating group) is 1. The molecule has 0 rings (SSSR count). The molecule has 7 heteroatoms. The van der Waals surface area contributed by atoms with Crippen molar-refractivity contribution in [1.82, 2.24) is 4.90 Å². The molecular weight excluding hydrogens is 234 g/mol. The smallest absolute Gasteiger partial charge is 0.327 e. The van der Waals surface area contributed by atoms with E-state index in [1.165, 1.54) is 7.05 Å². The monoisotopic (exact) mass is 251 g/mol. The molecule has 1 amide bonds. The van der Waals surface area contributed by atoms with Gasteiger partial charge in [-0.2, -0.15) is 0 Å². The Labute approximate surface area is 95.2 Å². The van der Waals surface area contributed by atoms with Crippen LogP contribution in [0.2, 0.25) is 0 Å². The third-order valence-corrected chi connectivity index (χ3v) is 2.98. The molecular formula is C9H17NO5S. The highest BCUT2D eigenvalue weighted by Gasteiger charge is 2.30. The number of carboxylic acids is 1. The van der Waals surface area contributed by atoms with Gasteiger partial charge in [-0.15, -0.1) is 0 Å². The lowest BCUT2D eigenvalue weighted by Crippen LogP contribution is -2.47. The van der Waals surface area contributed by atoms with Gasteiger partial charge in [0.25, 0.3) is 0 Å². The maximum absolute atomic E-state index is 11.5. The number of sulfone groups is 1. The number of carboxylic acid groups (broad SMARTS) is 1. The van der Waals surface area contributed by atoms with E-state index in [0.717, 1.165) is 11.2 Å². The first-order chi connectivity index (χ1) is 7.06. The first-order valence-electron chi connectivity index (χ1n) is 4.73. The maximum Gasteiger partial charge on any atom is 0.327 e. The van der Waals surface area contributed by atoms with Gasteiger partial charge in [-0.3, -0.25) is 4.79 Å². The van der Waals surface area contributed by atoms with Crippen LogP contribution in [-0.2, 0) is 19.4 Å².